The molecule has 1 amide bonds. The quantitative estimate of drug-likeness (QED) is 0.355. The summed E-state index contributed by atoms with van der Waals surface area (Å²) in [5.74, 6) is 0.812. The van der Waals surface area contributed by atoms with E-state index in [-0.39, 0.29) is 23.7 Å². The van der Waals surface area contributed by atoms with Crippen molar-refractivity contribution in [1.82, 2.24) is 24.1 Å². The number of nitrogens with zero attached hydrogens (tertiary/aromatic N) is 4. The standard InChI is InChI=1S/C34H46FN5O3S/c1-24-37-30-10-5-6-11-31(30)40(24)29-21-27-12-13-28(22-29)39(27)19-16-34(25-8-7-9-26(35)20-25)14-17-38(18-15-34)32(41)33(2,3)23-36-44(4,42)43/h5-11,20,27-29,36H,12-19,21-23H2,1-4H3. The highest BCUT2D eigenvalue weighted by atomic mass is 32.2. The Morgan fingerprint density at radius 1 is 1.05 bits per heavy atom. The van der Waals surface area contributed by atoms with Gasteiger partial charge >= 0.3 is 0 Å². The van der Waals surface area contributed by atoms with Gasteiger partial charge in [-0.3, -0.25) is 9.69 Å². The van der Waals surface area contributed by atoms with Crippen molar-refractivity contribution in [1.29, 1.82) is 0 Å². The van der Waals surface area contributed by atoms with Crippen molar-refractivity contribution in [2.75, 3.05) is 32.4 Å². The molecule has 1 N–H and O–H groups in total. The zero-order chi connectivity index (χ0) is 31.3. The number of hydrogen-bond donors (Lipinski definition) is 1. The van der Waals surface area contributed by atoms with Gasteiger partial charge in [0.1, 0.15) is 11.6 Å². The summed E-state index contributed by atoms with van der Waals surface area (Å²) in [6.45, 7) is 7.85. The van der Waals surface area contributed by atoms with Gasteiger partial charge in [-0.1, -0.05) is 24.3 Å². The molecule has 3 aliphatic heterocycles. The van der Waals surface area contributed by atoms with E-state index < -0.39 is 15.4 Å². The second-order valence-corrected chi connectivity index (χ2v) is 15.9. The number of imidazole rings is 1. The maximum absolute atomic E-state index is 14.5. The Morgan fingerprint density at radius 3 is 2.39 bits per heavy atom. The fourth-order valence-electron chi connectivity index (χ4n) is 8.24. The van der Waals surface area contributed by atoms with Crippen LogP contribution in [-0.4, -0.2) is 78.2 Å². The van der Waals surface area contributed by atoms with Crippen LogP contribution < -0.4 is 4.72 Å². The molecule has 238 valence electrons. The molecule has 3 fully saturated rings. The van der Waals surface area contributed by atoms with Crippen molar-refractivity contribution < 1.29 is 17.6 Å². The van der Waals surface area contributed by atoms with Crippen molar-refractivity contribution in [3.63, 3.8) is 0 Å². The Labute approximate surface area is 261 Å². The van der Waals surface area contributed by atoms with Crippen LogP contribution in [0.25, 0.3) is 11.0 Å². The molecular weight excluding hydrogens is 577 g/mol. The molecule has 3 aliphatic rings. The number of aromatic nitrogens is 2. The summed E-state index contributed by atoms with van der Waals surface area (Å²) >= 11 is 0. The topological polar surface area (TPSA) is 87.5 Å². The van der Waals surface area contributed by atoms with Gasteiger partial charge in [-0.25, -0.2) is 22.5 Å². The number of fused-ring (bicyclic) bond motifs is 3. The first-order chi connectivity index (χ1) is 20.9. The highest BCUT2D eigenvalue weighted by molar-refractivity contribution is 7.88. The Balaban J connectivity index is 1.16. The maximum atomic E-state index is 14.5. The van der Waals surface area contributed by atoms with E-state index in [0.717, 1.165) is 61.8 Å². The SMILES string of the molecule is Cc1nc2ccccc2n1C1CC2CCC(C1)N2CCC1(c2cccc(F)c2)CCN(C(=O)C(C)(C)CNS(C)(=O)=O)CC1. The smallest absolute Gasteiger partial charge is 0.229 e. The van der Waals surface area contributed by atoms with Gasteiger partial charge in [0.25, 0.3) is 0 Å². The lowest BCUT2D eigenvalue weighted by molar-refractivity contribution is -0.141. The molecule has 2 aromatic carbocycles. The number of nitrogens with one attached hydrogen (secondary N) is 1. The number of benzene rings is 2. The molecule has 3 saturated heterocycles. The number of aryl methyl sites for hydroxylation is 1. The molecule has 4 heterocycles. The third kappa shape index (κ3) is 6.17. The average Bonchev–Trinajstić information content (AvgIpc) is 3.45. The number of rotatable bonds is 9. The van der Waals surface area contributed by atoms with Gasteiger partial charge in [0.2, 0.25) is 15.9 Å². The Bertz CT molecular complexity index is 1610. The fraction of sp³-hybridized carbons (Fsp3) is 0.588. The van der Waals surface area contributed by atoms with E-state index >= 15 is 0 Å². The molecule has 0 saturated carbocycles. The molecule has 3 aromatic rings. The van der Waals surface area contributed by atoms with E-state index in [9.17, 15) is 17.6 Å². The van der Waals surface area contributed by atoms with Crippen LogP contribution in [0, 0.1) is 18.2 Å². The minimum Gasteiger partial charge on any atom is -0.342 e. The maximum Gasteiger partial charge on any atom is 0.229 e. The largest absolute Gasteiger partial charge is 0.342 e. The molecular formula is C34H46FN5O3S. The lowest BCUT2D eigenvalue weighted by Crippen LogP contribution is -2.52. The molecule has 2 unspecified atom stereocenters. The minimum absolute atomic E-state index is 0.0519. The number of piperidine rings is 2. The molecule has 0 aliphatic carbocycles. The van der Waals surface area contributed by atoms with Gasteiger partial charge in [0, 0.05) is 37.8 Å². The van der Waals surface area contributed by atoms with Crippen LogP contribution in [0.15, 0.2) is 48.5 Å². The molecule has 1 aromatic heterocycles. The summed E-state index contributed by atoms with van der Waals surface area (Å²) in [4.78, 5) is 22.9. The molecule has 44 heavy (non-hydrogen) atoms. The van der Waals surface area contributed by atoms with E-state index in [4.69, 9.17) is 4.98 Å². The van der Waals surface area contributed by atoms with Crippen LogP contribution in [-0.2, 0) is 20.2 Å². The van der Waals surface area contributed by atoms with E-state index in [0.29, 0.717) is 31.2 Å². The van der Waals surface area contributed by atoms with E-state index in [1.807, 2.05) is 11.0 Å². The van der Waals surface area contributed by atoms with E-state index in [1.165, 1.54) is 24.4 Å². The zero-order valence-corrected chi connectivity index (χ0v) is 27.2. The number of hydrogen-bond acceptors (Lipinski definition) is 5. The van der Waals surface area contributed by atoms with Crippen LogP contribution in [0.5, 0.6) is 0 Å². The average molecular weight is 624 g/mol. The normalized spacial score (nSPS) is 24.2. The Morgan fingerprint density at radius 2 is 1.73 bits per heavy atom. The number of para-hydroxylation sites is 2. The van der Waals surface area contributed by atoms with Crippen LogP contribution in [0.1, 0.15) is 76.2 Å². The first-order valence-corrected chi connectivity index (χ1v) is 17.9. The second-order valence-electron chi connectivity index (χ2n) is 14.1. The number of carbonyl (C=O) groups excluding carboxylic acids is 1. The van der Waals surface area contributed by atoms with E-state index in [1.54, 1.807) is 26.0 Å². The lowest BCUT2D eigenvalue weighted by atomic mass is 9.70. The molecule has 2 bridgehead atoms. The van der Waals surface area contributed by atoms with Crippen molar-refractivity contribution in [3.8, 4) is 0 Å². The van der Waals surface area contributed by atoms with Crippen molar-refractivity contribution >= 4 is 27.0 Å². The summed E-state index contributed by atoms with van der Waals surface area (Å²) in [7, 11) is -3.40. The number of amides is 1. The molecule has 6 rings (SSSR count). The van der Waals surface area contributed by atoms with Gasteiger partial charge in [-0.15, -0.1) is 0 Å². The second kappa shape index (κ2) is 11.8. The highest BCUT2D eigenvalue weighted by Crippen LogP contribution is 2.45. The predicted molar refractivity (Wildman–Crippen MR) is 171 cm³/mol. The number of halogens is 1. The molecule has 10 heteroatoms. The van der Waals surface area contributed by atoms with Crippen LogP contribution in [0.4, 0.5) is 4.39 Å². The minimum atomic E-state index is -3.40. The third-order valence-corrected chi connectivity index (χ3v) is 11.3. The van der Waals surface area contributed by atoms with Crippen LogP contribution in [0.3, 0.4) is 0 Å². The summed E-state index contributed by atoms with van der Waals surface area (Å²) in [5, 5.41) is 0. The van der Waals surface area contributed by atoms with Gasteiger partial charge in [-0.2, -0.15) is 0 Å². The summed E-state index contributed by atoms with van der Waals surface area (Å²) < 4.78 is 42.8. The number of carbonyl (C=O) groups is 1. The third-order valence-electron chi connectivity index (χ3n) is 10.6. The van der Waals surface area contributed by atoms with Crippen LogP contribution in [0.2, 0.25) is 0 Å². The first kappa shape index (κ1) is 31.2. The Kier molecular flexibility index (Phi) is 8.39. The van der Waals surface area contributed by atoms with Gasteiger partial charge in [0.15, 0.2) is 0 Å². The van der Waals surface area contributed by atoms with Crippen molar-refractivity contribution in [3.05, 3.63) is 65.7 Å². The summed E-state index contributed by atoms with van der Waals surface area (Å²) in [6.07, 6.45) is 8.18. The van der Waals surface area contributed by atoms with E-state index in [2.05, 4.69) is 45.4 Å². The molecule has 8 nitrogen and oxygen atoms in total. The zero-order valence-electron chi connectivity index (χ0n) is 26.4. The number of sulfonamides is 1. The van der Waals surface area contributed by atoms with Gasteiger partial charge in [0.05, 0.1) is 22.7 Å². The highest BCUT2D eigenvalue weighted by Gasteiger charge is 2.45. The Hall–Kier alpha value is -2.82. The number of likely N-dealkylation sites (tertiary alicyclic amines) is 1. The van der Waals surface area contributed by atoms with Crippen LogP contribution >= 0.6 is 0 Å². The lowest BCUT2D eigenvalue weighted by Gasteiger charge is -2.46. The van der Waals surface area contributed by atoms with Crippen molar-refractivity contribution in [2.24, 2.45) is 5.41 Å². The first-order valence-electron chi connectivity index (χ1n) is 16.0. The predicted octanol–water partition coefficient (Wildman–Crippen LogP) is 5.18. The summed E-state index contributed by atoms with van der Waals surface area (Å²) in [6, 6.07) is 17.0. The molecule has 2 atom stereocenters. The van der Waals surface area contributed by atoms with Crippen molar-refractivity contribution in [2.45, 2.75) is 89.3 Å². The monoisotopic (exact) mass is 623 g/mol. The fourth-order valence-corrected chi connectivity index (χ4v) is 8.87. The summed E-state index contributed by atoms with van der Waals surface area (Å²) in [5.41, 5.74) is 2.23. The molecule has 0 spiro atoms. The van der Waals surface area contributed by atoms with Gasteiger partial charge < -0.3 is 9.47 Å². The molecule has 0 radical (unpaired) electrons. The van der Waals surface area contributed by atoms with Gasteiger partial charge in [-0.05, 0) is 108 Å².